The molecule has 0 radical (unpaired) electrons. The van der Waals surface area contributed by atoms with E-state index in [4.69, 9.17) is 9.25 Å². The van der Waals surface area contributed by atoms with Gasteiger partial charge in [-0.1, -0.05) is 43.7 Å². The van der Waals surface area contributed by atoms with Crippen molar-refractivity contribution in [1.29, 1.82) is 0 Å². The summed E-state index contributed by atoms with van der Waals surface area (Å²) in [6.45, 7) is 2.13. The number of hydrogen-bond donors (Lipinski definition) is 0. The lowest BCUT2D eigenvalue weighted by atomic mass is 9.98. The maximum atomic E-state index is 12.8. The molecule has 0 saturated carbocycles. The van der Waals surface area contributed by atoms with E-state index < -0.39 is 17.4 Å². The summed E-state index contributed by atoms with van der Waals surface area (Å²) in [5.74, 6) is -0.977. The lowest BCUT2D eigenvalue weighted by Crippen LogP contribution is -2.43. The molecule has 1 aliphatic heterocycles. The number of hydroxylamine groups is 2. The van der Waals surface area contributed by atoms with Gasteiger partial charge >= 0.3 is 5.63 Å². The molecule has 0 saturated heterocycles. The summed E-state index contributed by atoms with van der Waals surface area (Å²) in [6.07, 6.45) is 2.18. The molecule has 0 fully saturated rings. The van der Waals surface area contributed by atoms with Crippen molar-refractivity contribution in [3.8, 4) is 0 Å². The highest BCUT2D eigenvalue weighted by Gasteiger charge is 2.36. The molecule has 1 aromatic heterocycles. The summed E-state index contributed by atoms with van der Waals surface area (Å²) >= 11 is 0. The van der Waals surface area contributed by atoms with Crippen molar-refractivity contribution in [3.05, 3.63) is 69.3 Å². The number of benzene rings is 1. The van der Waals surface area contributed by atoms with Crippen LogP contribution in [0, 0.1) is 0 Å². The summed E-state index contributed by atoms with van der Waals surface area (Å²) in [7, 11) is 0. The number of carbonyl (C=O) groups is 2. The van der Waals surface area contributed by atoms with Crippen LogP contribution in [0.4, 0.5) is 0 Å². The van der Waals surface area contributed by atoms with Crippen molar-refractivity contribution >= 4 is 11.8 Å². The SMILES string of the molecule is CCCCc1cc(=O)oc2c1C(=O)N(OCc1ccccc1)C(=O)C2. The Kier molecular flexibility index (Phi) is 5.09. The molecule has 130 valence electrons. The molecular weight excluding hydrogens is 322 g/mol. The average molecular weight is 341 g/mol. The predicted molar refractivity (Wildman–Crippen MR) is 89.7 cm³/mol. The number of rotatable bonds is 6. The standard InChI is InChI=1S/C19H19NO5/c1-2-3-9-14-10-17(22)25-15-11-16(21)20(19(23)18(14)15)24-12-13-7-5-4-6-8-13/h4-8,10H,2-3,9,11-12H2,1H3. The van der Waals surface area contributed by atoms with E-state index in [9.17, 15) is 14.4 Å². The van der Waals surface area contributed by atoms with Crippen LogP contribution in [0.5, 0.6) is 0 Å². The third-order valence-corrected chi connectivity index (χ3v) is 4.06. The van der Waals surface area contributed by atoms with Crippen molar-refractivity contribution in [2.75, 3.05) is 0 Å². The van der Waals surface area contributed by atoms with Gasteiger partial charge in [0.1, 0.15) is 12.4 Å². The van der Waals surface area contributed by atoms with Crippen LogP contribution in [0.2, 0.25) is 0 Å². The van der Waals surface area contributed by atoms with E-state index in [0.717, 1.165) is 23.5 Å². The van der Waals surface area contributed by atoms with Gasteiger partial charge in [0, 0.05) is 6.07 Å². The van der Waals surface area contributed by atoms with Crippen molar-refractivity contribution in [3.63, 3.8) is 0 Å². The Balaban J connectivity index is 1.87. The Hall–Kier alpha value is -2.73. The predicted octanol–water partition coefficient (Wildman–Crippen LogP) is 2.64. The topological polar surface area (TPSA) is 76.8 Å². The zero-order valence-electron chi connectivity index (χ0n) is 14.0. The van der Waals surface area contributed by atoms with Gasteiger partial charge in [-0.25, -0.2) is 4.79 Å². The van der Waals surface area contributed by atoms with Crippen molar-refractivity contribution < 1.29 is 18.8 Å². The van der Waals surface area contributed by atoms with Crippen molar-refractivity contribution in [2.24, 2.45) is 0 Å². The first-order chi connectivity index (χ1) is 12.1. The molecule has 0 N–H and O–H groups in total. The fourth-order valence-corrected chi connectivity index (χ4v) is 2.81. The van der Waals surface area contributed by atoms with Crippen LogP contribution in [-0.4, -0.2) is 16.9 Å². The first kappa shape index (κ1) is 17.1. The zero-order chi connectivity index (χ0) is 17.8. The number of unbranched alkanes of at least 4 members (excludes halogenated alkanes) is 1. The van der Waals surface area contributed by atoms with E-state index in [1.54, 1.807) is 0 Å². The van der Waals surface area contributed by atoms with Gasteiger partial charge in [0.25, 0.3) is 11.8 Å². The van der Waals surface area contributed by atoms with E-state index in [-0.39, 0.29) is 24.4 Å². The Morgan fingerprint density at radius 1 is 1.16 bits per heavy atom. The smallest absolute Gasteiger partial charge is 0.336 e. The van der Waals surface area contributed by atoms with Crippen molar-refractivity contribution in [1.82, 2.24) is 5.06 Å². The molecule has 2 amide bonds. The number of nitrogens with zero attached hydrogens (tertiary/aromatic N) is 1. The van der Waals surface area contributed by atoms with Crippen LogP contribution < -0.4 is 5.63 Å². The van der Waals surface area contributed by atoms with Crippen LogP contribution >= 0.6 is 0 Å². The molecule has 2 heterocycles. The minimum absolute atomic E-state index is 0.106. The second-order valence-corrected chi connectivity index (χ2v) is 5.92. The lowest BCUT2D eigenvalue weighted by molar-refractivity contribution is -0.174. The monoisotopic (exact) mass is 341 g/mol. The molecule has 0 atom stereocenters. The van der Waals surface area contributed by atoms with E-state index in [1.165, 1.54) is 6.07 Å². The number of aryl methyl sites for hydroxylation is 1. The number of amides is 2. The molecule has 2 aromatic rings. The number of imide groups is 1. The van der Waals surface area contributed by atoms with E-state index in [0.29, 0.717) is 12.0 Å². The number of hydrogen-bond acceptors (Lipinski definition) is 5. The van der Waals surface area contributed by atoms with Gasteiger partial charge in [0.15, 0.2) is 0 Å². The summed E-state index contributed by atoms with van der Waals surface area (Å²) < 4.78 is 5.09. The zero-order valence-corrected chi connectivity index (χ0v) is 14.0. The van der Waals surface area contributed by atoms with Gasteiger partial charge in [-0.3, -0.25) is 14.4 Å². The first-order valence-corrected chi connectivity index (χ1v) is 8.30. The minimum atomic E-state index is -0.572. The van der Waals surface area contributed by atoms with Gasteiger partial charge in [-0.15, -0.1) is 5.06 Å². The molecule has 0 spiro atoms. The minimum Gasteiger partial charge on any atom is -0.426 e. The fourth-order valence-electron chi connectivity index (χ4n) is 2.81. The highest BCUT2D eigenvalue weighted by atomic mass is 16.7. The van der Waals surface area contributed by atoms with E-state index in [1.807, 2.05) is 37.3 Å². The third-order valence-electron chi connectivity index (χ3n) is 4.06. The molecule has 1 aliphatic rings. The van der Waals surface area contributed by atoms with Gasteiger partial charge < -0.3 is 4.42 Å². The Morgan fingerprint density at radius 2 is 1.92 bits per heavy atom. The average Bonchev–Trinajstić information content (AvgIpc) is 2.59. The first-order valence-electron chi connectivity index (χ1n) is 8.30. The molecule has 1 aromatic carbocycles. The van der Waals surface area contributed by atoms with E-state index >= 15 is 0 Å². The second kappa shape index (κ2) is 7.44. The van der Waals surface area contributed by atoms with Crippen LogP contribution in [0.15, 0.2) is 45.6 Å². The lowest BCUT2D eigenvalue weighted by Gasteiger charge is -2.26. The molecule has 3 rings (SSSR count). The molecule has 6 heteroatoms. The Labute approximate surface area is 145 Å². The van der Waals surface area contributed by atoms with Gasteiger partial charge in [-0.2, -0.15) is 0 Å². The molecule has 6 nitrogen and oxygen atoms in total. The molecule has 25 heavy (non-hydrogen) atoms. The fraction of sp³-hybridized carbons (Fsp3) is 0.316. The van der Waals surface area contributed by atoms with E-state index in [2.05, 4.69) is 0 Å². The number of fused-ring (bicyclic) bond motifs is 1. The second-order valence-electron chi connectivity index (χ2n) is 5.92. The Bertz CT molecular complexity index is 841. The van der Waals surface area contributed by atoms with Crippen LogP contribution in [0.3, 0.4) is 0 Å². The summed E-state index contributed by atoms with van der Waals surface area (Å²) in [4.78, 5) is 42.2. The maximum Gasteiger partial charge on any atom is 0.336 e. The quantitative estimate of drug-likeness (QED) is 0.755. The largest absolute Gasteiger partial charge is 0.426 e. The normalized spacial score (nSPS) is 13.9. The Morgan fingerprint density at radius 3 is 2.64 bits per heavy atom. The molecule has 0 unspecified atom stereocenters. The molecule has 0 bridgehead atoms. The summed E-state index contributed by atoms with van der Waals surface area (Å²) in [5, 5.41) is 0.783. The van der Waals surface area contributed by atoms with Crippen molar-refractivity contribution in [2.45, 2.75) is 39.2 Å². The van der Waals surface area contributed by atoms with Crippen LogP contribution in [0.1, 0.15) is 47.0 Å². The molecule has 0 aliphatic carbocycles. The van der Waals surface area contributed by atoms with Crippen LogP contribution in [-0.2, 0) is 29.1 Å². The highest BCUT2D eigenvalue weighted by Crippen LogP contribution is 2.24. The van der Waals surface area contributed by atoms with Gasteiger partial charge in [-0.05, 0) is 24.0 Å². The van der Waals surface area contributed by atoms with Gasteiger partial charge in [0.2, 0.25) is 0 Å². The summed E-state index contributed by atoms with van der Waals surface area (Å²) in [6, 6.07) is 10.6. The van der Waals surface area contributed by atoms with Gasteiger partial charge in [0.05, 0.1) is 12.0 Å². The third kappa shape index (κ3) is 3.69. The molecular formula is C19H19NO5. The number of carbonyl (C=O) groups excluding carboxylic acids is 2. The summed E-state index contributed by atoms with van der Waals surface area (Å²) in [5.41, 5.74) is 1.20. The highest BCUT2D eigenvalue weighted by molar-refractivity contribution is 6.08. The van der Waals surface area contributed by atoms with Crippen LogP contribution in [0.25, 0.3) is 0 Å². The maximum absolute atomic E-state index is 12.8.